The molecule has 0 spiro atoms. The average molecular weight is 312 g/mol. The minimum Gasteiger partial charge on any atom is -0.306 e. The van der Waals surface area contributed by atoms with Crippen LogP contribution in [0.15, 0.2) is 28.7 Å². The van der Waals surface area contributed by atoms with Crippen LogP contribution in [0.2, 0.25) is 0 Å². The van der Waals surface area contributed by atoms with Crippen LogP contribution in [-0.2, 0) is 0 Å². The van der Waals surface area contributed by atoms with Gasteiger partial charge in [-0.25, -0.2) is 0 Å². The molecular formula is C15H22BrNO. The lowest BCUT2D eigenvalue weighted by atomic mass is 10.1. The number of benzene rings is 1. The quantitative estimate of drug-likeness (QED) is 0.531. The van der Waals surface area contributed by atoms with Crippen molar-refractivity contribution in [1.82, 2.24) is 4.90 Å². The summed E-state index contributed by atoms with van der Waals surface area (Å²) in [7, 11) is 2.09. The molecule has 0 radical (unpaired) electrons. The van der Waals surface area contributed by atoms with E-state index in [1.54, 1.807) is 0 Å². The zero-order valence-electron chi connectivity index (χ0n) is 11.3. The summed E-state index contributed by atoms with van der Waals surface area (Å²) < 4.78 is 1.01. The van der Waals surface area contributed by atoms with E-state index >= 15 is 0 Å². The number of carbonyl (C=O) groups excluding carboxylic acids is 1. The van der Waals surface area contributed by atoms with Gasteiger partial charge in [0.2, 0.25) is 0 Å². The molecule has 1 rings (SSSR count). The monoisotopic (exact) mass is 311 g/mol. The number of hydrogen-bond donors (Lipinski definition) is 0. The molecule has 100 valence electrons. The molecule has 0 saturated heterocycles. The van der Waals surface area contributed by atoms with Crippen LogP contribution in [0.4, 0.5) is 0 Å². The zero-order chi connectivity index (χ0) is 13.4. The van der Waals surface area contributed by atoms with Gasteiger partial charge in [-0.15, -0.1) is 0 Å². The Morgan fingerprint density at radius 3 is 2.44 bits per heavy atom. The Kier molecular flexibility index (Phi) is 7.21. The summed E-state index contributed by atoms with van der Waals surface area (Å²) >= 11 is 3.37. The first-order valence-electron chi connectivity index (χ1n) is 6.60. The maximum Gasteiger partial charge on any atom is 0.164 e. The van der Waals surface area contributed by atoms with Crippen LogP contribution < -0.4 is 0 Å². The van der Waals surface area contributed by atoms with E-state index in [0.717, 1.165) is 23.1 Å². The minimum atomic E-state index is 0.227. The fraction of sp³-hybridized carbons (Fsp3) is 0.533. The summed E-state index contributed by atoms with van der Waals surface area (Å²) in [5, 5.41) is 0. The molecule has 2 nitrogen and oxygen atoms in total. The number of carbonyl (C=O) groups is 1. The van der Waals surface area contributed by atoms with E-state index in [2.05, 4.69) is 34.8 Å². The van der Waals surface area contributed by atoms with E-state index in [1.807, 2.05) is 24.3 Å². The second-order valence-electron chi connectivity index (χ2n) is 4.69. The van der Waals surface area contributed by atoms with Crippen LogP contribution in [0.5, 0.6) is 0 Å². The van der Waals surface area contributed by atoms with E-state index in [0.29, 0.717) is 6.42 Å². The van der Waals surface area contributed by atoms with Gasteiger partial charge in [-0.05, 0) is 32.1 Å². The highest BCUT2D eigenvalue weighted by molar-refractivity contribution is 9.10. The first kappa shape index (κ1) is 15.4. The molecule has 0 bridgehead atoms. The number of halogens is 1. The Morgan fingerprint density at radius 2 is 1.83 bits per heavy atom. The van der Waals surface area contributed by atoms with Gasteiger partial charge in [0.1, 0.15) is 0 Å². The molecule has 1 aromatic rings. The molecule has 0 fully saturated rings. The van der Waals surface area contributed by atoms with Crippen molar-refractivity contribution in [2.75, 3.05) is 20.1 Å². The molecule has 0 amide bonds. The number of unbranched alkanes of at least 4 members (excludes halogenated alkanes) is 2. The van der Waals surface area contributed by atoms with Crippen molar-refractivity contribution < 1.29 is 4.79 Å². The van der Waals surface area contributed by atoms with E-state index < -0.39 is 0 Å². The van der Waals surface area contributed by atoms with Gasteiger partial charge in [-0.1, -0.05) is 47.8 Å². The molecule has 0 N–H and O–H groups in total. The number of nitrogens with zero attached hydrogens (tertiary/aromatic N) is 1. The van der Waals surface area contributed by atoms with Crippen molar-refractivity contribution in [3.63, 3.8) is 0 Å². The van der Waals surface area contributed by atoms with Crippen LogP contribution in [-0.4, -0.2) is 30.8 Å². The summed E-state index contributed by atoms with van der Waals surface area (Å²) in [6.45, 7) is 4.14. The molecule has 0 aliphatic heterocycles. The van der Waals surface area contributed by atoms with Crippen molar-refractivity contribution in [3.8, 4) is 0 Å². The summed E-state index contributed by atoms with van der Waals surface area (Å²) in [4.78, 5) is 14.2. The number of ketones is 1. The number of hydrogen-bond acceptors (Lipinski definition) is 2. The van der Waals surface area contributed by atoms with Gasteiger partial charge in [0, 0.05) is 23.0 Å². The Bertz CT molecular complexity index is 361. The minimum absolute atomic E-state index is 0.227. The molecule has 0 atom stereocenters. The van der Waals surface area contributed by atoms with Crippen molar-refractivity contribution in [2.45, 2.75) is 32.6 Å². The molecule has 0 aromatic heterocycles. The van der Waals surface area contributed by atoms with Crippen LogP contribution >= 0.6 is 15.9 Å². The second-order valence-corrected chi connectivity index (χ2v) is 5.61. The number of Topliss-reactive ketones (excluding diaryl/α,β-unsaturated/α-hetero) is 1. The molecule has 0 aliphatic carbocycles. The largest absolute Gasteiger partial charge is 0.306 e. The molecule has 18 heavy (non-hydrogen) atoms. The zero-order valence-corrected chi connectivity index (χ0v) is 12.9. The second kappa shape index (κ2) is 8.44. The van der Waals surface area contributed by atoms with Crippen LogP contribution in [0.25, 0.3) is 0 Å². The van der Waals surface area contributed by atoms with Crippen LogP contribution in [0.1, 0.15) is 43.0 Å². The highest BCUT2D eigenvalue weighted by Crippen LogP contribution is 2.12. The van der Waals surface area contributed by atoms with Crippen molar-refractivity contribution in [1.29, 1.82) is 0 Å². The topological polar surface area (TPSA) is 20.3 Å². The third-order valence-corrected chi connectivity index (χ3v) is 3.56. The van der Waals surface area contributed by atoms with Crippen molar-refractivity contribution >= 4 is 21.7 Å². The van der Waals surface area contributed by atoms with E-state index in [-0.39, 0.29) is 5.78 Å². The van der Waals surface area contributed by atoms with Crippen LogP contribution in [0, 0.1) is 0 Å². The van der Waals surface area contributed by atoms with E-state index in [9.17, 15) is 4.79 Å². The van der Waals surface area contributed by atoms with Gasteiger partial charge in [-0.3, -0.25) is 4.79 Å². The van der Waals surface area contributed by atoms with Crippen molar-refractivity contribution in [3.05, 3.63) is 34.3 Å². The van der Waals surface area contributed by atoms with Crippen LogP contribution in [0.3, 0.4) is 0 Å². The molecule has 0 heterocycles. The Balaban J connectivity index is 2.30. The van der Waals surface area contributed by atoms with Gasteiger partial charge in [0.15, 0.2) is 5.78 Å². The molecule has 3 heteroatoms. The first-order valence-corrected chi connectivity index (χ1v) is 7.40. The molecule has 0 saturated carbocycles. The SMILES string of the molecule is CCCCCN(C)CCC(=O)c1ccc(Br)cc1. The highest BCUT2D eigenvalue weighted by Gasteiger charge is 2.07. The summed E-state index contributed by atoms with van der Waals surface area (Å²) in [5.41, 5.74) is 0.806. The predicted octanol–water partition coefficient (Wildman–Crippen LogP) is 4.14. The number of rotatable bonds is 8. The van der Waals surface area contributed by atoms with Gasteiger partial charge < -0.3 is 4.90 Å². The standard InChI is InChI=1S/C15H22BrNO/c1-3-4-5-11-17(2)12-10-15(18)13-6-8-14(16)9-7-13/h6-9H,3-5,10-12H2,1-2H3. The Hall–Kier alpha value is -0.670. The lowest BCUT2D eigenvalue weighted by molar-refractivity contribution is 0.0969. The van der Waals surface area contributed by atoms with Gasteiger partial charge in [0.25, 0.3) is 0 Å². The summed E-state index contributed by atoms with van der Waals surface area (Å²) in [6, 6.07) is 7.59. The van der Waals surface area contributed by atoms with Gasteiger partial charge in [-0.2, -0.15) is 0 Å². The lowest BCUT2D eigenvalue weighted by Crippen LogP contribution is -2.23. The first-order chi connectivity index (χ1) is 8.63. The summed E-state index contributed by atoms with van der Waals surface area (Å²) in [6.07, 6.45) is 4.33. The maximum absolute atomic E-state index is 11.9. The van der Waals surface area contributed by atoms with E-state index in [1.165, 1.54) is 19.3 Å². The van der Waals surface area contributed by atoms with Gasteiger partial charge in [0.05, 0.1) is 0 Å². The Labute approximate surface area is 119 Å². The smallest absolute Gasteiger partial charge is 0.164 e. The highest BCUT2D eigenvalue weighted by atomic mass is 79.9. The fourth-order valence-corrected chi connectivity index (χ4v) is 2.08. The molecule has 1 aromatic carbocycles. The van der Waals surface area contributed by atoms with Gasteiger partial charge >= 0.3 is 0 Å². The van der Waals surface area contributed by atoms with E-state index in [4.69, 9.17) is 0 Å². The third-order valence-electron chi connectivity index (χ3n) is 3.03. The maximum atomic E-state index is 11.9. The molecule has 0 unspecified atom stereocenters. The Morgan fingerprint density at radius 1 is 1.17 bits per heavy atom. The fourth-order valence-electron chi connectivity index (χ4n) is 1.82. The summed E-state index contributed by atoms with van der Waals surface area (Å²) in [5.74, 6) is 0.227. The average Bonchev–Trinajstić information content (AvgIpc) is 2.37. The lowest BCUT2D eigenvalue weighted by Gasteiger charge is -2.15. The normalized spacial score (nSPS) is 10.9. The van der Waals surface area contributed by atoms with Crippen molar-refractivity contribution in [2.24, 2.45) is 0 Å². The predicted molar refractivity (Wildman–Crippen MR) is 80.1 cm³/mol. The molecule has 0 aliphatic rings. The molecular weight excluding hydrogens is 290 g/mol. The third kappa shape index (κ3) is 5.78.